The van der Waals surface area contributed by atoms with Gasteiger partial charge in [0.2, 0.25) is 11.6 Å². The molecule has 1 aliphatic heterocycles. The molecule has 0 spiro atoms. The summed E-state index contributed by atoms with van der Waals surface area (Å²) in [7, 11) is 0. The van der Waals surface area contributed by atoms with E-state index in [2.05, 4.69) is 25.5 Å². The summed E-state index contributed by atoms with van der Waals surface area (Å²) in [6.07, 6.45) is 5.87. The summed E-state index contributed by atoms with van der Waals surface area (Å²) < 4.78 is 0. The van der Waals surface area contributed by atoms with E-state index in [0.29, 0.717) is 13.1 Å². The zero-order valence-electron chi connectivity index (χ0n) is 15.4. The predicted octanol–water partition coefficient (Wildman–Crippen LogP) is 2.94. The number of hydrogen-bond donors (Lipinski definition) is 2. The lowest BCUT2D eigenvalue weighted by atomic mass is 10.1. The molecular weight excluding hydrogens is 344 g/mol. The molecule has 1 aromatic carbocycles. The monoisotopic (exact) mass is 370 g/mol. The van der Waals surface area contributed by atoms with Crippen LogP contribution < -0.4 is 10.6 Å². The second-order valence-corrected chi connectivity index (χ2v) is 6.67. The summed E-state index contributed by atoms with van der Waals surface area (Å²) in [5, 5.41) is 17.8. The van der Waals surface area contributed by atoms with Crippen LogP contribution in [-0.4, -0.2) is 52.5 Å². The zero-order valence-corrected chi connectivity index (χ0v) is 15.4. The molecule has 0 aliphatic carbocycles. The molecule has 2 heterocycles. The second-order valence-electron chi connectivity index (χ2n) is 6.67. The lowest BCUT2D eigenvalue weighted by molar-refractivity contribution is -0.383. The van der Waals surface area contributed by atoms with Crippen molar-refractivity contribution in [3.8, 4) is 0 Å². The molecule has 3 rings (SSSR count). The van der Waals surface area contributed by atoms with Gasteiger partial charge in [0.1, 0.15) is 6.33 Å². The second kappa shape index (κ2) is 9.82. The van der Waals surface area contributed by atoms with E-state index in [4.69, 9.17) is 0 Å². The van der Waals surface area contributed by atoms with Gasteiger partial charge in [0, 0.05) is 19.6 Å². The van der Waals surface area contributed by atoms with Crippen molar-refractivity contribution in [2.24, 2.45) is 0 Å². The quantitative estimate of drug-likeness (QED) is 0.517. The van der Waals surface area contributed by atoms with E-state index < -0.39 is 4.92 Å². The van der Waals surface area contributed by atoms with Crippen molar-refractivity contribution in [3.63, 3.8) is 0 Å². The smallest absolute Gasteiger partial charge is 0.353 e. The van der Waals surface area contributed by atoms with E-state index in [1.54, 1.807) is 0 Å². The molecule has 8 heteroatoms. The van der Waals surface area contributed by atoms with E-state index in [1.165, 1.54) is 31.2 Å². The number of hydrogen-bond acceptors (Lipinski definition) is 7. The summed E-state index contributed by atoms with van der Waals surface area (Å²) in [4.78, 5) is 21.7. The van der Waals surface area contributed by atoms with Gasteiger partial charge in [-0.15, -0.1) is 0 Å². The van der Waals surface area contributed by atoms with Crippen LogP contribution in [0, 0.1) is 10.1 Å². The van der Waals surface area contributed by atoms with Gasteiger partial charge in [-0.3, -0.25) is 10.1 Å². The third-order valence-corrected chi connectivity index (χ3v) is 4.72. The number of nitro groups is 1. The molecule has 0 unspecified atom stereocenters. The van der Waals surface area contributed by atoms with Crippen molar-refractivity contribution in [2.75, 3.05) is 43.4 Å². The number of nitrogens with zero attached hydrogens (tertiary/aromatic N) is 4. The lowest BCUT2D eigenvalue weighted by Gasteiger charge is -2.26. The highest BCUT2D eigenvalue weighted by Gasteiger charge is 2.22. The number of aromatic nitrogens is 2. The van der Waals surface area contributed by atoms with Crippen molar-refractivity contribution < 1.29 is 4.92 Å². The van der Waals surface area contributed by atoms with E-state index in [-0.39, 0.29) is 17.3 Å². The van der Waals surface area contributed by atoms with Crippen LogP contribution in [0.5, 0.6) is 0 Å². The maximum atomic E-state index is 11.6. The highest BCUT2D eigenvalue weighted by molar-refractivity contribution is 5.69. The lowest BCUT2D eigenvalue weighted by Crippen LogP contribution is -2.33. The Labute approximate surface area is 159 Å². The first-order valence-corrected chi connectivity index (χ1v) is 9.47. The Morgan fingerprint density at radius 1 is 1.00 bits per heavy atom. The molecule has 27 heavy (non-hydrogen) atoms. The molecule has 2 N–H and O–H groups in total. The first kappa shape index (κ1) is 19.0. The van der Waals surface area contributed by atoms with Gasteiger partial charge in [0.25, 0.3) is 0 Å². The fourth-order valence-electron chi connectivity index (χ4n) is 3.30. The van der Waals surface area contributed by atoms with Gasteiger partial charge in [0.05, 0.1) is 4.92 Å². The molecule has 2 aromatic rings. The minimum atomic E-state index is -0.423. The van der Waals surface area contributed by atoms with Crippen LogP contribution in [0.15, 0.2) is 36.7 Å². The van der Waals surface area contributed by atoms with Gasteiger partial charge in [-0.25, -0.2) is 9.97 Å². The summed E-state index contributed by atoms with van der Waals surface area (Å²) in [6, 6.07) is 9.99. The number of nitrogens with one attached hydrogen (secondary N) is 2. The largest absolute Gasteiger partial charge is 0.364 e. The molecular formula is C19H26N6O2. The summed E-state index contributed by atoms with van der Waals surface area (Å²) in [5.74, 6) is 0.528. The number of anilines is 2. The number of benzene rings is 1. The minimum absolute atomic E-state index is 0.0933. The first-order chi connectivity index (χ1) is 13.2. The maximum Gasteiger partial charge on any atom is 0.353 e. The molecule has 0 amide bonds. The van der Waals surface area contributed by atoms with Crippen molar-refractivity contribution >= 4 is 17.3 Å². The molecule has 0 bridgehead atoms. The van der Waals surface area contributed by atoms with Crippen LogP contribution in [0.2, 0.25) is 0 Å². The van der Waals surface area contributed by atoms with Gasteiger partial charge >= 0.3 is 5.69 Å². The number of likely N-dealkylation sites (tertiary alicyclic amines) is 1. The first-order valence-electron chi connectivity index (χ1n) is 9.47. The van der Waals surface area contributed by atoms with Gasteiger partial charge in [-0.1, -0.05) is 36.8 Å². The number of rotatable bonds is 9. The van der Waals surface area contributed by atoms with E-state index in [9.17, 15) is 10.1 Å². The molecule has 1 fully saturated rings. The third kappa shape index (κ3) is 5.62. The number of piperidine rings is 1. The summed E-state index contributed by atoms with van der Waals surface area (Å²) >= 11 is 0. The Morgan fingerprint density at radius 3 is 2.33 bits per heavy atom. The summed E-state index contributed by atoms with van der Waals surface area (Å²) in [5.41, 5.74) is 1.07. The van der Waals surface area contributed by atoms with Gasteiger partial charge in [-0.2, -0.15) is 0 Å². The van der Waals surface area contributed by atoms with Crippen molar-refractivity contribution in [1.82, 2.24) is 14.9 Å². The van der Waals surface area contributed by atoms with Crippen LogP contribution in [0.1, 0.15) is 24.8 Å². The molecule has 1 aliphatic rings. The third-order valence-electron chi connectivity index (χ3n) is 4.72. The van der Waals surface area contributed by atoms with Crippen molar-refractivity contribution in [3.05, 3.63) is 52.3 Å². The Hall–Kier alpha value is -2.74. The standard InChI is InChI=1S/C19H26N6O2/c26-25(27)17-18(20-10-9-16-7-3-1-4-8-16)22-15-23-19(17)21-11-14-24-12-5-2-6-13-24/h1,3-4,7-8,15H,2,5-6,9-14H2,(H2,20,21,22,23). The van der Waals surface area contributed by atoms with E-state index in [0.717, 1.165) is 26.1 Å². The Kier molecular flexibility index (Phi) is 6.92. The highest BCUT2D eigenvalue weighted by atomic mass is 16.6. The topological polar surface area (TPSA) is 96.2 Å². The molecule has 1 aromatic heterocycles. The van der Waals surface area contributed by atoms with Crippen LogP contribution in [0.25, 0.3) is 0 Å². The van der Waals surface area contributed by atoms with Crippen LogP contribution in [0.4, 0.5) is 17.3 Å². The minimum Gasteiger partial charge on any atom is -0.364 e. The Balaban J connectivity index is 1.58. The van der Waals surface area contributed by atoms with Crippen LogP contribution in [0.3, 0.4) is 0 Å². The van der Waals surface area contributed by atoms with Crippen molar-refractivity contribution in [1.29, 1.82) is 0 Å². The van der Waals surface area contributed by atoms with E-state index >= 15 is 0 Å². The normalized spacial score (nSPS) is 14.7. The molecule has 0 saturated carbocycles. The highest BCUT2D eigenvalue weighted by Crippen LogP contribution is 2.28. The predicted molar refractivity (Wildman–Crippen MR) is 106 cm³/mol. The fraction of sp³-hybridized carbons (Fsp3) is 0.474. The molecule has 1 saturated heterocycles. The maximum absolute atomic E-state index is 11.6. The van der Waals surface area contributed by atoms with Crippen molar-refractivity contribution in [2.45, 2.75) is 25.7 Å². The van der Waals surface area contributed by atoms with Gasteiger partial charge in [0.15, 0.2) is 0 Å². The molecule has 0 atom stereocenters. The molecule has 0 radical (unpaired) electrons. The fourth-order valence-corrected chi connectivity index (χ4v) is 3.30. The summed E-state index contributed by atoms with van der Waals surface area (Å²) in [6.45, 7) is 4.24. The van der Waals surface area contributed by atoms with Crippen LogP contribution in [-0.2, 0) is 6.42 Å². The van der Waals surface area contributed by atoms with Gasteiger partial charge < -0.3 is 15.5 Å². The molecule has 8 nitrogen and oxygen atoms in total. The van der Waals surface area contributed by atoms with E-state index in [1.807, 2.05) is 30.3 Å². The SMILES string of the molecule is O=[N+]([O-])c1c(NCCc2ccccc2)ncnc1NCCN1CCCCC1. The molecule has 144 valence electrons. The average molecular weight is 370 g/mol. The Bertz CT molecular complexity index is 734. The Morgan fingerprint density at radius 2 is 1.67 bits per heavy atom. The average Bonchev–Trinajstić information content (AvgIpc) is 2.69. The zero-order chi connectivity index (χ0) is 18.9. The van der Waals surface area contributed by atoms with Gasteiger partial charge in [-0.05, 0) is 37.9 Å². The van der Waals surface area contributed by atoms with Crippen LogP contribution >= 0.6 is 0 Å².